The largest absolute Gasteiger partial charge is 0.508 e. The highest BCUT2D eigenvalue weighted by atomic mass is 16.5. The molecule has 5 nitrogen and oxygen atoms in total. The summed E-state index contributed by atoms with van der Waals surface area (Å²) in [6, 6.07) is 8.33. The van der Waals surface area contributed by atoms with Crippen LogP contribution in [0.15, 0.2) is 42.0 Å². The molecular formula is C22H24O5. The van der Waals surface area contributed by atoms with Gasteiger partial charge in [0.25, 0.3) is 0 Å². The summed E-state index contributed by atoms with van der Waals surface area (Å²) < 4.78 is 10.3. The van der Waals surface area contributed by atoms with Crippen molar-refractivity contribution in [2.24, 2.45) is 0 Å². The van der Waals surface area contributed by atoms with Crippen molar-refractivity contribution >= 4 is 18.1 Å². The standard InChI is InChI=1S/C22H24O5/c1-14(2)5-12-18-19(26-3)13-16(20(21(18)24)22(25)27-4)9-6-15-7-10-17(23)11-8-15/h5-11,13,23-24H,12H2,1-4H3/b9-6+. The first kappa shape index (κ1) is 20.1. The lowest BCUT2D eigenvalue weighted by molar-refractivity contribution is 0.0597. The van der Waals surface area contributed by atoms with Crippen molar-refractivity contribution in [3.8, 4) is 17.2 Å². The Hall–Kier alpha value is -3.21. The zero-order chi connectivity index (χ0) is 20.0. The summed E-state index contributed by atoms with van der Waals surface area (Å²) in [6.07, 6.45) is 5.86. The molecule has 0 aromatic heterocycles. The molecule has 0 aliphatic rings. The van der Waals surface area contributed by atoms with Crippen molar-refractivity contribution in [2.75, 3.05) is 14.2 Å². The summed E-state index contributed by atoms with van der Waals surface area (Å²) in [5, 5.41) is 20.1. The molecule has 0 saturated heterocycles. The average Bonchev–Trinajstić information content (AvgIpc) is 2.65. The van der Waals surface area contributed by atoms with E-state index in [2.05, 4.69) is 0 Å². The molecule has 0 amide bonds. The van der Waals surface area contributed by atoms with E-state index in [4.69, 9.17) is 9.47 Å². The predicted octanol–water partition coefficient (Wildman–Crippen LogP) is 4.57. The third kappa shape index (κ3) is 4.91. The lowest BCUT2D eigenvalue weighted by atomic mass is 9.97. The molecule has 0 aliphatic heterocycles. The number of hydrogen-bond donors (Lipinski definition) is 2. The highest BCUT2D eigenvalue weighted by Crippen LogP contribution is 2.36. The number of esters is 1. The molecule has 0 saturated carbocycles. The first-order chi connectivity index (χ1) is 12.9. The van der Waals surface area contributed by atoms with Gasteiger partial charge in [0.05, 0.1) is 14.2 Å². The summed E-state index contributed by atoms with van der Waals surface area (Å²) in [5.74, 6) is -0.114. The topological polar surface area (TPSA) is 76.0 Å². The fraction of sp³-hybridized carbons (Fsp3) is 0.227. The molecule has 2 N–H and O–H groups in total. The molecule has 2 rings (SSSR count). The van der Waals surface area contributed by atoms with E-state index in [0.717, 1.165) is 11.1 Å². The Labute approximate surface area is 159 Å². The maximum atomic E-state index is 12.3. The molecule has 0 bridgehead atoms. The van der Waals surface area contributed by atoms with Gasteiger partial charge in [-0.25, -0.2) is 4.79 Å². The second-order valence-electron chi connectivity index (χ2n) is 6.27. The number of methoxy groups -OCH3 is 2. The van der Waals surface area contributed by atoms with Crippen molar-refractivity contribution in [3.05, 3.63) is 64.2 Å². The number of benzene rings is 2. The van der Waals surface area contributed by atoms with Gasteiger partial charge in [-0.05, 0) is 49.6 Å². The molecule has 0 aliphatic carbocycles. The Morgan fingerprint density at radius 1 is 1.07 bits per heavy atom. The van der Waals surface area contributed by atoms with Crippen LogP contribution < -0.4 is 4.74 Å². The van der Waals surface area contributed by atoms with E-state index in [0.29, 0.717) is 23.3 Å². The van der Waals surface area contributed by atoms with E-state index in [9.17, 15) is 15.0 Å². The van der Waals surface area contributed by atoms with Crippen LogP contribution in [-0.4, -0.2) is 30.4 Å². The Morgan fingerprint density at radius 2 is 1.74 bits per heavy atom. The molecule has 0 spiro atoms. The van der Waals surface area contributed by atoms with Crippen molar-refractivity contribution in [1.29, 1.82) is 0 Å². The van der Waals surface area contributed by atoms with Crippen LogP contribution in [0.5, 0.6) is 17.2 Å². The molecule has 0 radical (unpaired) electrons. The smallest absolute Gasteiger partial charge is 0.342 e. The maximum absolute atomic E-state index is 12.3. The van der Waals surface area contributed by atoms with E-state index in [-0.39, 0.29) is 17.1 Å². The van der Waals surface area contributed by atoms with Crippen molar-refractivity contribution in [3.63, 3.8) is 0 Å². The lowest BCUT2D eigenvalue weighted by Gasteiger charge is -2.15. The summed E-state index contributed by atoms with van der Waals surface area (Å²) in [4.78, 5) is 12.3. The number of allylic oxidation sites excluding steroid dienone is 2. The highest BCUT2D eigenvalue weighted by molar-refractivity contribution is 5.98. The zero-order valence-corrected chi connectivity index (χ0v) is 15.9. The van der Waals surface area contributed by atoms with Crippen molar-refractivity contribution in [1.82, 2.24) is 0 Å². The van der Waals surface area contributed by atoms with Gasteiger partial charge in [0, 0.05) is 5.56 Å². The summed E-state index contributed by atoms with van der Waals surface area (Å²) in [5.41, 5.74) is 3.01. The maximum Gasteiger partial charge on any atom is 0.342 e. The SMILES string of the molecule is COC(=O)c1c(/C=C/c2ccc(O)cc2)cc(OC)c(CC=C(C)C)c1O. The molecule has 27 heavy (non-hydrogen) atoms. The van der Waals surface area contributed by atoms with Crippen molar-refractivity contribution in [2.45, 2.75) is 20.3 Å². The minimum absolute atomic E-state index is 0.0884. The molecule has 2 aromatic carbocycles. The number of ether oxygens (including phenoxy) is 2. The summed E-state index contributed by atoms with van der Waals surface area (Å²) in [6.45, 7) is 3.92. The number of hydrogen-bond acceptors (Lipinski definition) is 5. The van der Waals surface area contributed by atoms with Gasteiger partial charge in [-0.1, -0.05) is 35.9 Å². The van der Waals surface area contributed by atoms with Crippen LogP contribution in [0.3, 0.4) is 0 Å². The van der Waals surface area contributed by atoms with Crippen LogP contribution in [0.2, 0.25) is 0 Å². The van der Waals surface area contributed by atoms with Gasteiger partial charge in [0.2, 0.25) is 0 Å². The quantitative estimate of drug-likeness (QED) is 0.444. The second-order valence-corrected chi connectivity index (χ2v) is 6.27. The van der Waals surface area contributed by atoms with Gasteiger partial charge >= 0.3 is 5.97 Å². The molecule has 0 unspecified atom stereocenters. The predicted molar refractivity (Wildman–Crippen MR) is 106 cm³/mol. The number of phenolic OH excluding ortho intramolecular Hbond substituents is 2. The van der Waals surface area contributed by atoms with E-state index in [1.54, 1.807) is 42.5 Å². The van der Waals surface area contributed by atoms with Gasteiger partial charge in [-0.15, -0.1) is 0 Å². The Morgan fingerprint density at radius 3 is 2.30 bits per heavy atom. The highest BCUT2D eigenvalue weighted by Gasteiger charge is 2.22. The molecule has 0 fully saturated rings. The minimum atomic E-state index is -0.626. The monoisotopic (exact) mass is 368 g/mol. The van der Waals surface area contributed by atoms with Gasteiger partial charge in [-0.3, -0.25) is 0 Å². The normalized spacial score (nSPS) is 10.7. The first-order valence-electron chi connectivity index (χ1n) is 8.49. The van der Waals surface area contributed by atoms with Crippen LogP contribution in [0.1, 0.15) is 40.9 Å². The molecule has 0 heterocycles. The average molecular weight is 368 g/mol. The van der Waals surface area contributed by atoms with Crippen LogP contribution in [-0.2, 0) is 11.2 Å². The molecule has 2 aromatic rings. The first-order valence-corrected chi connectivity index (χ1v) is 8.49. The van der Waals surface area contributed by atoms with E-state index in [1.165, 1.54) is 14.2 Å². The lowest BCUT2D eigenvalue weighted by Crippen LogP contribution is -2.07. The number of carbonyl (C=O) groups excluding carboxylic acids is 1. The van der Waals surface area contributed by atoms with Crippen LogP contribution in [0, 0.1) is 0 Å². The zero-order valence-electron chi connectivity index (χ0n) is 15.9. The minimum Gasteiger partial charge on any atom is -0.508 e. The van der Waals surface area contributed by atoms with E-state index in [1.807, 2.05) is 19.9 Å². The van der Waals surface area contributed by atoms with Gasteiger partial charge in [0.1, 0.15) is 22.8 Å². The van der Waals surface area contributed by atoms with Crippen LogP contribution in [0.4, 0.5) is 0 Å². The number of phenols is 2. The third-order valence-electron chi connectivity index (χ3n) is 4.07. The molecule has 0 atom stereocenters. The molecular weight excluding hydrogens is 344 g/mol. The van der Waals surface area contributed by atoms with Gasteiger partial charge in [0.15, 0.2) is 0 Å². The molecule has 142 valence electrons. The van der Waals surface area contributed by atoms with Gasteiger partial charge < -0.3 is 19.7 Å². The van der Waals surface area contributed by atoms with Crippen LogP contribution >= 0.6 is 0 Å². The number of rotatable bonds is 6. The van der Waals surface area contributed by atoms with E-state index < -0.39 is 5.97 Å². The molecule has 5 heteroatoms. The Kier molecular flexibility index (Phi) is 6.66. The summed E-state index contributed by atoms with van der Waals surface area (Å²) in [7, 11) is 2.79. The van der Waals surface area contributed by atoms with Crippen molar-refractivity contribution < 1.29 is 24.5 Å². The fourth-order valence-corrected chi connectivity index (χ4v) is 2.61. The van der Waals surface area contributed by atoms with E-state index >= 15 is 0 Å². The number of aromatic hydroxyl groups is 2. The van der Waals surface area contributed by atoms with Crippen LogP contribution in [0.25, 0.3) is 12.2 Å². The Bertz CT molecular complexity index is 873. The van der Waals surface area contributed by atoms with Gasteiger partial charge in [-0.2, -0.15) is 0 Å². The summed E-state index contributed by atoms with van der Waals surface area (Å²) >= 11 is 0. The third-order valence-corrected chi connectivity index (χ3v) is 4.07. The second kappa shape index (κ2) is 8.94. The Balaban J connectivity index is 2.58. The fourth-order valence-electron chi connectivity index (χ4n) is 2.61. The number of carbonyl (C=O) groups is 1.